The fraction of sp³-hybridized carbons (Fsp3) is 0.226. The molecule has 0 unspecified atom stereocenters. The molecular weight excluding hydrogens is 538 g/mol. The molecule has 0 radical (unpaired) electrons. The molecule has 0 atom stereocenters. The number of hydrogen-bond donors (Lipinski definition) is 2. The number of ether oxygens (including phenoxy) is 1. The maximum absolute atomic E-state index is 12.4. The van der Waals surface area contributed by atoms with E-state index < -0.39 is 5.97 Å². The molecule has 0 aliphatic heterocycles. The third-order valence-corrected chi connectivity index (χ3v) is 7.60. The van der Waals surface area contributed by atoms with Crippen LogP contribution in [0.5, 0.6) is 5.88 Å². The lowest BCUT2D eigenvalue weighted by atomic mass is 10.00. The topological polar surface area (TPSA) is 111 Å². The number of amides is 1. The summed E-state index contributed by atoms with van der Waals surface area (Å²) in [6, 6.07) is 18.5. The van der Waals surface area contributed by atoms with Crippen LogP contribution in [0.25, 0.3) is 21.1 Å². The van der Waals surface area contributed by atoms with Gasteiger partial charge in [0.2, 0.25) is 5.91 Å². The highest BCUT2D eigenvalue weighted by Crippen LogP contribution is 2.33. The van der Waals surface area contributed by atoms with Crippen LogP contribution >= 0.6 is 11.3 Å². The monoisotopic (exact) mass is 569 g/mol. The smallest absolute Gasteiger partial charge is 0.337 e. The van der Waals surface area contributed by atoms with Crippen LogP contribution in [0.4, 0.5) is 11.4 Å². The van der Waals surface area contributed by atoms with Crippen LogP contribution in [0.15, 0.2) is 71.2 Å². The number of rotatable bonds is 9. The van der Waals surface area contributed by atoms with E-state index in [4.69, 9.17) is 9.73 Å². The summed E-state index contributed by atoms with van der Waals surface area (Å²) in [5, 5.41) is 11.8. The van der Waals surface area contributed by atoms with E-state index in [1.807, 2.05) is 56.6 Å². The fourth-order valence-electron chi connectivity index (χ4n) is 4.78. The maximum Gasteiger partial charge on any atom is 0.337 e. The first-order chi connectivity index (χ1) is 19.7. The number of methoxy groups -OCH3 is 1. The van der Waals surface area contributed by atoms with Crippen molar-refractivity contribution < 1.29 is 19.4 Å². The highest BCUT2D eigenvalue weighted by molar-refractivity contribution is 7.16. The van der Waals surface area contributed by atoms with Gasteiger partial charge in [0, 0.05) is 35.6 Å². The van der Waals surface area contributed by atoms with E-state index >= 15 is 0 Å². The average Bonchev–Trinajstić information content (AvgIpc) is 3.56. The van der Waals surface area contributed by atoms with Crippen molar-refractivity contribution in [3.8, 4) is 5.88 Å². The van der Waals surface area contributed by atoms with Gasteiger partial charge < -0.3 is 24.6 Å². The molecule has 2 aromatic heterocycles. The summed E-state index contributed by atoms with van der Waals surface area (Å²) in [6.07, 6.45) is 0.855. The van der Waals surface area contributed by atoms with Crippen molar-refractivity contribution in [2.45, 2.75) is 13.3 Å². The predicted octanol–water partition coefficient (Wildman–Crippen LogP) is 5.74. The van der Waals surface area contributed by atoms with E-state index in [1.54, 1.807) is 35.5 Å². The van der Waals surface area contributed by atoms with Crippen LogP contribution in [0.1, 0.15) is 34.8 Å². The number of aromatic hydroxyl groups is 1. The number of benzene rings is 3. The Morgan fingerprint density at radius 2 is 1.78 bits per heavy atom. The molecule has 5 aromatic rings. The van der Waals surface area contributed by atoms with Crippen molar-refractivity contribution in [3.05, 3.63) is 82.9 Å². The number of aromatic nitrogens is 2. The molecule has 0 fully saturated rings. The van der Waals surface area contributed by atoms with Gasteiger partial charge in [-0.1, -0.05) is 12.1 Å². The molecule has 5 rings (SSSR count). The Morgan fingerprint density at radius 1 is 1.02 bits per heavy atom. The third kappa shape index (κ3) is 5.98. The first kappa shape index (κ1) is 28.0. The molecule has 0 saturated heterocycles. The van der Waals surface area contributed by atoms with Gasteiger partial charge in [0.1, 0.15) is 0 Å². The normalized spacial score (nSPS) is 11.9. The Morgan fingerprint density at radius 3 is 2.49 bits per heavy atom. The van der Waals surface area contributed by atoms with E-state index in [-0.39, 0.29) is 11.8 Å². The molecule has 2 N–H and O–H groups in total. The van der Waals surface area contributed by atoms with Gasteiger partial charge >= 0.3 is 5.97 Å². The van der Waals surface area contributed by atoms with Crippen LogP contribution in [0.3, 0.4) is 0 Å². The molecule has 0 bridgehead atoms. The molecule has 3 aromatic carbocycles. The Labute approximate surface area is 241 Å². The number of nitrogens with zero attached hydrogens (tertiary/aromatic N) is 4. The number of anilines is 1. The van der Waals surface area contributed by atoms with E-state index in [1.165, 1.54) is 18.4 Å². The summed E-state index contributed by atoms with van der Waals surface area (Å²) < 4.78 is 5.85. The summed E-state index contributed by atoms with van der Waals surface area (Å²) in [5.41, 5.74) is 6.94. The quantitative estimate of drug-likeness (QED) is 0.173. The largest absolute Gasteiger partial charge is 0.494 e. The van der Waals surface area contributed by atoms with Crippen LogP contribution in [0, 0.1) is 0 Å². The Bertz CT molecular complexity index is 1750. The summed E-state index contributed by atoms with van der Waals surface area (Å²) in [6.45, 7) is 3.07. The molecule has 0 spiro atoms. The van der Waals surface area contributed by atoms with E-state index in [2.05, 4.69) is 14.9 Å². The predicted molar refractivity (Wildman–Crippen MR) is 164 cm³/mol. The number of H-pyrrole nitrogens is 1. The van der Waals surface area contributed by atoms with Gasteiger partial charge in [0.25, 0.3) is 0 Å². The van der Waals surface area contributed by atoms with Crippen LogP contribution in [-0.2, 0) is 9.53 Å². The second-order valence-electron chi connectivity index (χ2n) is 9.94. The maximum atomic E-state index is 12.4. The minimum atomic E-state index is -0.464. The van der Waals surface area contributed by atoms with Gasteiger partial charge in [-0.3, -0.25) is 4.79 Å². The molecule has 210 valence electrons. The van der Waals surface area contributed by atoms with Crippen molar-refractivity contribution >= 4 is 61.4 Å². The van der Waals surface area contributed by atoms with Gasteiger partial charge in [0.05, 0.1) is 45.4 Å². The van der Waals surface area contributed by atoms with E-state index in [9.17, 15) is 14.7 Å². The number of carbonyl (C=O) groups is 2. The zero-order valence-corrected chi connectivity index (χ0v) is 24.2. The number of carbonyl (C=O) groups excluding carboxylic acids is 2. The van der Waals surface area contributed by atoms with Gasteiger partial charge in [-0.15, -0.1) is 11.3 Å². The highest BCUT2D eigenvalue weighted by atomic mass is 32.1. The van der Waals surface area contributed by atoms with E-state index in [0.717, 1.165) is 34.4 Å². The number of aromatic amines is 1. The molecule has 2 heterocycles. The molecule has 9 nitrogen and oxygen atoms in total. The Hall–Kier alpha value is -4.54. The van der Waals surface area contributed by atoms with Crippen molar-refractivity contribution in [1.29, 1.82) is 0 Å². The minimum Gasteiger partial charge on any atom is -0.494 e. The van der Waals surface area contributed by atoms with Gasteiger partial charge in [-0.25, -0.2) is 14.8 Å². The third-order valence-electron chi connectivity index (χ3n) is 6.81. The lowest BCUT2D eigenvalue weighted by Crippen LogP contribution is -2.31. The second-order valence-corrected chi connectivity index (χ2v) is 10.8. The first-order valence-electron chi connectivity index (χ1n) is 13.1. The zero-order chi connectivity index (χ0) is 29.1. The van der Waals surface area contributed by atoms with Crippen molar-refractivity contribution in [2.24, 2.45) is 4.99 Å². The Balaban J connectivity index is 1.58. The molecule has 10 heteroatoms. The van der Waals surface area contributed by atoms with Gasteiger partial charge in [-0.05, 0) is 75.6 Å². The van der Waals surface area contributed by atoms with Gasteiger partial charge in [0.15, 0.2) is 5.88 Å². The minimum absolute atomic E-state index is 0.0198. The zero-order valence-electron chi connectivity index (χ0n) is 23.3. The molecule has 41 heavy (non-hydrogen) atoms. The standard InChI is InChI=1S/C31H31N5O4S/c1-19(37)36(15-5-14-35(2)3)23-10-8-22(9-11-23)33-29(20-7-13-25-27(17-20)41-18-32-25)28-24-12-6-21(31(39)40-4)16-26(24)34-30(28)38/h6-13,16-18,34,38H,5,14-15H2,1-4H3. The van der Waals surface area contributed by atoms with Gasteiger partial charge in [-0.2, -0.15) is 0 Å². The lowest BCUT2D eigenvalue weighted by Gasteiger charge is -2.22. The number of fused-ring (bicyclic) bond motifs is 2. The SMILES string of the molecule is COC(=O)c1ccc2c(C(=Nc3ccc(N(CCCN(C)C)C(C)=O)cc3)c3ccc4ncsc4c3)c(O)[nH]c2c1. The average molecular weight is 570 g/mol. The summed E-state index contributed by atoms with van der Waals surface area (Å²) in [4.78, 5) is 40.7. The lowest BCUT2D eigenvalue weighted by molar-refractivity contribution is -0.116. The number of thiazole rings is 1. The summed E-state index contributed by atoms with van der Waals surface area (Å²) in [5.74, 6) is -0.549. The van der Waals surface area contributed by atoms with Crippen LogP contribution in [0.2, 0.25) is 0 Å². The van der Waals surface area contributed by atoms with Crippen molar-refractivity contribution in [2.75, 3.05) is 39.2 Å². The molecule has 1 amide bonds. The molecule has 0 aliphatic rings. The van der Waals surface area contributed by atoms with Crippen molar-refractivity contribution in [1.82, 2.24) is 14.9 Å². The Kier molecular flexibility index (Phi) is 8.14. The number of nitrogens with one attached hydrogen (secondary N) is 1. The van der Waals surface area contributed by atoms with E-state index in [0.29, 0.717) is 40.0 Å². The number of hydrogen-bond acceptors (Lipinski definition) is 8. The second kappa shape index (κ2) is 11.9. The summed E-state index contributed by atoms with van der Waals surface area (Å²) >= 11 is 1.53. The van der Waals surface area contributed by atoms with Crippen LogP contribution < -0.4 is 4.90 Å². The molecular formula is C31H31N5O4S. The number of esters is 1. The highest BCUT2D eigenvalue weighted by Gasteiger charge is 2.21. The summed E-state index contributed by atoms with van der Waals surface area (Å²) in [7, 11) is 5.35. The fourth-order valence-corrected chi connectivity index (χ4v) is 5.50. The number of aliphatic imine (C=N–C) groups is 1. The molecule has 0 aliphatic carbocycles. The van der Waals surface area contributed by atoms with Crippen molar-refractivity contribution in [3.63, 3.8) is 0 Å². The van der Waals surface area contributed by atoms with Crippen LogP contribution in [-0.4, -0.2) is 71.9 Å². The molecule has 0 saturated carbocycles. The first-order valence-corrected chi connectivity index (χ1v) is 14.0.